The summed E-state index contributed by atoms with van der Waals surface area (Å²) in [6.45, 7) is 3.49. The predicted octanol–water partition coefficient (Wildman–Crippen LogP) is 1.31. The Kier molecular flexibility index (Phi) is 4.61. The maximum absolute atomic E-state index is 13.7. The van der Waals surface area contributed by atoms with Crippen LogP contribution in [0.3, 0.4) is 0 Å². The second-order valence-corrected chi connectivity index (χ2v) is 8.75. The van der Waals surface area contributed by atoms with E-state index in [1.165, 1.54) is 12.0 Å². The summed E-state index contributed by atoms with van der Waals surface area (Å²) in [5.74, 6) is -2.42. The molecule has 5 rings (SSSR count). The van der Waals surface area contributed by atoms with Gasteiger partial charge in [0.2, 0.25) is 17.7 Å². The Morgan fingerprint density at radius 1 is 1.12 bits per heavy atom. The van der Waals surface area contributed by atoms with E-state index in [1.807, 2.05) is 31.2 Å². The van der Waals surface area contributed by atoms with Crippen molar-refractivity contribution in [2.24, 2.45) is 11.8 Å². The smallest absolute Gasteiger partial charge is 0.250 e. The van der Waals surface area contributed by atoms with Gasteiger partial charge >= 0.3 is 0 Å². The number of likely N-dealkylation sites (tertiary alicyclic amines) is 1. The highest BCUT2D eigenvalue weighted by atomic mass is 16.5. The number of rotatable bonds is 4. The van der Waals surface area contributed by atoms with Crippen molar-refractivity contribution in [2.45, 2.75) is 38.1 Å². The van der Waals surface area contributed by atoms with Crippen LogP contribution in [0, 0.1) is 18.8 Å². The number of nitrogens with one attached hydrogen (secondary N) is 2. The molecule has 8 heteroatoms. The molecular weight excluding hydrogens is 410 g/mol. The van der Waals surface area contributed by atoms with Gasteiger partial charge in [-0.15, -0.1) is 0 Å². The maximum Gasteiger partial charge on any atom is 0.250 e. The number of hydrogen-bond acceptors (Lipinski definition) is 6. The summed E-state index contributed by atoms with van der Waals surface area (Å²) in [6.07, 6.45) is -0.938. The lowest BCUT2D eigenvalue weighted by atomic mass is 9.76. The van der Waals surface area contributed by atoms with Gasteiger partial charge in [0.05, 0.1) is 31.6 Å². The molecule has 3 heterocycles. The van der Waals surface area contributed by atoms with Gasteiger partial charge in [-0.2, -0.15) is 0 Å². The molecule has 2 saturated heterocycles. The van der Waals surface area contributed by atoms with E-state index in [0.29, 0.717) is 22.6 Å². The van der Waals surface area contributed by atoms with Crippen LogP contribution in [0.1, 0.15) is 23.6 Å². The van der Waals surface area contributed by atoms with Gasteiger partial charge in [0.15, 0.2) is 0 Å². The molecule has 32 heavy (non-hydrogen) atoms. The number of aryl methyl sites for hydroxylation is 1. The number of anilines is 1. The van der Waals surface area contributed by atoms with E-state index in [2.05, 4.69) is 10.6 Å². The number of nitrogens with zero attached hydrogens (tertiary/aromatic N) is 1. The van der Waals surface area contributed by atoms with Crippen molar-refractivity contribution in [1.29, 1.82) is 0 Å². The summed E-state index contributed by atoms with van der Waals surface area (Å²) in [6, 6.07) is 12.0. The number of carbonyl (C=O) groups is 3. The van der Waals surface area contributed by atoms with Gasteiger partial charge in [-0.05, 0) is 25.5 Å². The average Bonchev–Trinajstić information content (AvgIpc) is 3.36. The zero-order chi connectivity index (χ0) is 22.8. The average molecular weight is 435 g/mol. The second-order valence-electron chi connectivity index (χ2n) is 8.75. The Balaban J connectivity index is 1.62. The van der Waals surface area contributed by atoms with Crippen LogP contribution in [0.25, 0.3) is 0 Å². The highest BCUT2D eigenvalue weighted by molar-refractivity contribution is 6.15. The lowest BCUT2D eigenvalue weighted by Crippen LogP contribution is -2.54. The third-order valence-electron chi connectivity index (χ3n) is 7.03. The van der Waals surface area contributed by atoms with E-state index in [9.17, 15) is 19.5 Å². The SMILES string of the molecule is COc1ccccc1CN1C(=O)[C@@H]2[C@H]([C@@H](C)O)N[C@]3(C(=O)Nc4c(C)cccc43)[C@@H]2C1=O. The van der Waals surface area contributed by atoms with Crippen molar-refractivity contribution < 1.29 is 24.2 Å². The predicted molar refractivity (Wildman–Crippen MR) is 116 cm³/mol. The van der Waals surface area contributed by atoms with E-state index in [0.717, 1.165) is 5.56 Å². The Labute approximate surface area is 185 Å². The first-order chi connectivity index (χ1) is 15.3. The number of imide groups is 1. The molecular formula is C24H25N3O5. The van der Waals surface area contributed by atoms with Crippen LogP contribution in [-0.4, -0.2) is 47.0 Å². The minimum Gasteiger partial charge on any atom is -0.496 e. The Hall–Kier alpha value is -3.23. The van der Waals surface area contributed by atoms with Gasteiger partial charge < -0.3 is 15.2 Å². The molecule has 1 spiro atoms. The highest BCUT2D eigenvalue weighted by Gasteiger charge is 2.71. The second kappa shape index (κ2) is 7.15. The maximum atomic E-state index is 13.7. The molecule has 3 amide bonds. The first-order valence-corrected chi connectivity index (χ1v) is 10.7. The molecule has 2 aromatic rings. The number of methoxy groups -OCH3 is 1. The normalized spacial score (nSPS) is 29.3. The molecule has 3 N–H and O–H groups in total. The molecule has 8 nitrogen and oxygen atoms in total. The molecule has 0 saturated carbocycles. The minimum absolute atomic E-state index is 0.0413. The van der Waals surface area contributed by atoms with Gasteiger partial charge in [-0.25, -0.2) is 0 Å². The fourth-order valence-corrected chi connectivity index (χ4v) is 5.54. The third kappa shape index (κ3) is 2.59. The van der Waals surface area contributed by atoms with Crippen molar-refractivity contribution >= 4 is 23.4 Å². The number of aliphatic hydroxyl groups is 1. The van der Waals surface area contributed by atoms with Crippen molar-refractivity contribution in [3.05, 3.63) is 59.2 Å². The molecule has 3 aliphatic heterocycles. The van der Waals surface area contributed by atoms with Crippen molar-refractivity contribution in [3.8, 4) is 5.75 Å². The summed E-state index contributed by atoms with van der Waals surface area (Å²) < 4.78 is 5.38. The van der Waals surface area contributed by atoms with Crippen LogP contribution >= 0.6 is 0 Å². The first-order valence-electron chi connectivity index (χ1n) is 10.7. The highest BCUT2D eigenvalue weighted by Crippen LogP contribution is 2.54. The fourth-order valence-electron chi connectivity index (χ4n) is 5.54. The molecule has 2 aromatic carbocycles. The molecule has 2 fully saturated rings. The molecule has 166 valence electrons. The van der Waals surface area contributed by atoms with E-state index >= 15 is 0 Å². The Morgan fingerprint density at radius 3 is 2.59 bits per heavy atom. The molecule has 3 aliphatic rings. The van der Waals surface area contributed by atoms with Crippen LogP contribution in [-0.2, 0) is 26.5 Å². The van der Waals surface area contributed by atoms with Crippen LogP contribution < -0.4 is 15.4 Å². The largest absolute Gasteiger partial charge is 0.496 e. The monoisotopic (exact) mass is 435 g/mol. The summed E-state index contributed by atoms with van der Waals surface area (Å²) in [5, 5.41) is 16.6. The molecule has 0 radical (unpaired) electrons. The van der Waals surface area contributed by atoms with Gasteiger partial charge in [0.1, 0.15) is 11.3 Å². The number of para-hydroxylation sites is 2. The van der Waals surface area contributed by atoms with Gasteiger partial charge in [0, 0.05) is 22.9 Å². The minimum atomic E-state index is -1.41. The lowest BCUT2D eigenvalue weighted by Gasteiger charge is -2.30. The number of hydrogen-bond donors (Lipinski definition) is 3. The number of carbonyl (C=O) groups excluding carboxylic acids is 3. The first kappa shape index (κ1) is 20.7. The van der Waals surface area contributed by atoms with Gasteiger partial charge in [0.25, 0.3) is 0 Å². The molecule has 0 unspecified atom stereocenters. The lowest BCUT2D eigenvalue weighted by molar-refractivity contribution is -0.143. The van der Waals surface area contributed by atoms with E-state index < -0.39 is 41.3 Å². The zero-order valence-electron chi connectivity index (χ0n) is 18.1. The van der Waals surface area contributed by atoms with Crippen molar-refractivity contribution in [2.75, 3.05) is 12.4 Å². The Morgan fingerprint density at radius 2 is 1.88 bits per heavy atom. The Bertz CT molecular complexity index is 1150. The van der Waals surface area contributed by atoms with E-state index in [4.69, 9.17) is 4.74 Å². The van der Waals surface area contributed by atoms with Crippen LogP contribution in [0.15, 0.2) is 42.5 Å². The van der Waals surface area contributed by atoms with Crippen molar-refractivity contribution in [1.82, 2.24) is 10.2 Å². The summed E-state index contributed by atoms with van der Waals surface area (Å²) in [7, 11) is 1.53. The summed E-state index contributed by atoms with van der Waals surface area (Å²) in [5.41, 5.74) is 1.45. The van der Waals surface area contributed by atoms with Crippen LogP contribution in [0.5, 0.6) is 5.75 Å². The quantitative estimate of drug-likeness (QED) is 0.625. The molecule has 5 atom stereocenters. The number of fused-ring (bicyclic) bond motifs is 4. The number of aliphatic hydroxyl groups excluding tert-OH is 1. The number of amides is 3. The van der Waals surface area contributed by atoms with E-state index in [1.54, 1.807) is 25.1 Å². The van der Waals surface area contributed by atoms with Gasteiger partial charge in [-0.1, -0.05) is 36.4 Å². The van der Waals surface area contributed by atoms with Crippen LogP contribution in [0.4, 0.5) is 5.69 Å². The summed E-state index contributed by atoms with van der Waals surface area (Å²) in [4.78, 5) is 41.8. The fraction of sp³-hybridized carbons (Fsp3) is 0.375. The summed E-state index contributed by atoms with van der Waals surface area (Å²) >= 11 is 0. The van der Waals surface area contributed by atoms with Crippen molar-refractivity contribution in [3.63, 3.8) is 0 Å². The zero-order valence-corrected chi connectivity index (χ0v) is 18.1. The third-order valence-corrected chi connectivity index (χ3v) is 7.03. The standard InChI is InChI=1S/C24H25N3O5/c1-12-7-6-9-15-19(12)25-23(31)24(15)18-17(20(26-24)13(2)28)21(29)27(22(18)30)11-14-8-4-5-10-16(14)32-3/h4-10,13,17-18,20,26,28H,11H2,1-3H3,(H,25,31)/t13-,17+,18+,20+,24+/m1/s1. The topological polar surface area (TPSA) is 108 Å². The molecule has 0 aromatic heterocycles. The van der Waals surface area contributed by atoms with E-state index in [-0.39, 0.29) is 12.5 Å². The van der Waals surface area contributed by atoms with Gasteiger partial charge in [-0.3, -0.25) is 24.6 Å². The molecule has 0 aliphatic carbocycles. The number of ether oxygens (including phenoxy) is 1. The number of benzene rings is 2. The van der Waals surface area contributed by atoms with Crippen LogP contribution in [0.2, 0.25) is 0 Å². The molecule has 0 bridgehead atoms.